The first-order valence-electron chi connectivity index (χ1n) is 5.73. The highest BCUT2D eigenvalue weighted by atomic mass is 79.9. The summed E-state index contributed by atoms with van der Waals surface area (Å²) in [5.41, 5.74) is 1.73. The molecule has 3 nitrogen and oxygen atoms in total. The molecule has 0 N–H and O–H groups in total. The topological polar surface area (TPSA) is 29.5 Å². The summed E-state index contributed by atoms with van der Waals surface area (Å²) in [7, 11) is 4.09. The van der Waals surface area contributed by atoms with Gasteiger partial charge in [-0.15, -0.1) is 0 Å². The Morgan fingerprint density at radius 2 is 2.18 bits per heavy atom. The van der Waals surface area contributed by atoms with Crippen LogP contribution in [0, 0.1) is 0 Å². The summed E-state index contributed by atoms with van der Waals surface area (Å²) in [6.45, 7) is 1.01. The Labute approximate surface area is 110 Å². The summed E-state index contributed by atoms with van der Waals surface area (Å²) in [6, 6.07) is 5.77. The molecule has 1 aromatic rings. The summed E-state index contributed by atoms with van der Waals surface area (Å²) in [5.74, 6) is -0.198. The van der Waals surface area contributed by atoms with Crippen LogP contribution in [0.3, 0.4) is 0 Å². The fourth-order valence-electron chi connectivity index (χ4n) is 2.05. The van der Waals surface area contributed by atoms with Gasteiger partial charge in [0.1, 0.15) is 6.10 Å². The second kappa shape index (κ2) is 5.19. The number of cyclic esters (lactones) is 1. The number of fused-ring (bicyclic) bond motifs is 1. The van der Waals surface area contributed by atoms with Crippen LogP contribution < -0.4 is 0 Å². The summed E-state index contributed by atoms with van der Waals surface area (Å²) < 4.78 is 6.31. The zero-order valence-electron chi connectivity index (χ0n) is 10.1. The molecular weight excluding hydrogens is 282 g/mol. The highest BCUT2D eigenvalue weighted by Gasteiger charge is 2.30. The summed E-state index contributed by atoms with van der Waals surface area (Å²) >= 11 is 3.37. The van der Waals surface area contributed by atoms with Crippen LogP contribution in [0.4, 0.5) is 0 Å². The van der Waals surface area contributed by atoms with E-state index in [-0.39, 0.29) is 12.1 Å². The summed E-state index contributed by atoms with van der Waals surface area (Å²) in [4.78, 5) is 13.8. The van der Waals surface area contributed by atoms with E-state index >= 15 is 0 Å². The molecule has 92 valence electrons. The Morgan fingerprint density at radius 3 is 2.88 bits per heavy atom. The number of hydrogen-bond acceptors (Lipinski definition) is 3. The Kier molecular flexibility index (Phi) is 3.84. The van der Waals surface area contributed by atoms with Gasteiger partial charge in [0.15, 0.2) is 0 Å². The number of rotatable bonds is 4. The third-order valence-electron chi connectivity index (χ3n) is 2.90. The van der Waals surface area contributed by atoms with Gasteiger partial charge in [-0.2, -0.15) is 0 Å². The lowest BCUT2D eigenvalue weighted by molar-refractivity contribution is 0.0361. The smallest absolute Gasteiger partial charge is 0.339 e. The van der Waals surface area contributed by atoms with E-state index in [1.807, 2.05) is 32.3 Å². The standard InChI is InChI=1S/C13H16BrNO2/c1-15(2)7-3-4-12-10-6-5-9(14)8-11(10)13(16)17-12/h5-6,8,12H,3-4,7H2,1-2H3. The van der Waals surface area contributed by atoms with Crippen molar-refractivity contribution in [2.45, 2.75) is 18.9 Å². The molecule has 0 fully saturated rings. The van der Waals surface area contributed by atoms with Gasteiger partial charge in [0.05, 0.1) is 5.56 Å². The third-order valence-corrected chi connectivity index (χ3v) is 3.40. The molecule has 1 aliphatic heterocycles. The molecule has 0 saturated heterocycles. The highest BCUT2D eigenvalue weighted by Crippen LogP contribution is 2.35. The van der Waals surface area contributed by atoms with Gasteiger partial charge in [-0.3, -0.25) is 0 Å². The largest absolute Gasteiger partial charge is 0.454 e. The van der Waals surface area contributed by atoms with Crippen molar-refractivity contribution in [2.24, 2.45) is 0 Å². The van der Waals surface area contributed by atoms with Crippen LogP contribution in [0.25, 0.3) is 0 Å². The van der Waals surface area contributed by atoms with Gasteiger partial charge in [0, 0.05) is 10.0 Å². The van der Waals surface area contributed by atoms with Gasteiger partial charge >= 0.3 is 5.97 Å². The van der Waals surface area contributed by atoms with Crippen LogP contribution in [0.15, 0.2) is 22.7 Å². The van der Waals surface area contributed by atoms with Crippen LogP contribution in [0.5, 0.6) is 0 Å². The van der Waals surface area contributed by atoms with Gasteiger partial charge < -0.3 is 9.64 Å². The van der Waals surface area contributed by atoms with Crippen molar-refractivity contribution in [3.05, 3.63) is 33.8 Å². The van der Waals surface area contributed by atoms with E-state index in [0.29, 0.717) is 5.56 Å². The summed E-state index contributed by atoms with van der Waals surface area (Å²) in [6.07, 6.45) is 1.85. The Hall–Kier alpha value is -0.870. The molecule has 1 heterocycles. The first-order valence-corrected chi connectivity index (χ1v) is 6.52. The number of carbonyl (C=O) groups is 1. The van der Waals surface area contributed by atoms with Crippen molar-refractivity contribution < 1.29 is 9.53 Å². The first kappa shape index (κ1) is 12.6. The minimum Gasteiger partial charge on any atom is -0.454 e. The molecule has 4 heteroatoms. The monoisotopic (exact) mass is 297 g/mol. The second-order valence-corrected chi connectivity index (χ2v) is 5.49. The van der Waals surface area contributed by atoms with E-state index in [1.165, 1.54) is 0 Å². The SMILES string of the molecule is CN(C)CCCC1OC(=O)c2cc(Br)ccc21. The molecule has 2 rings (SSSR count). The van der Waals surface area contributed by atoms with Crippen LogP contribution in [0.1, 0.15) is 34.9 Å². The Bertz CT molecular complexity index is 431. The molecule has 0 amide bonds. The quantitative estimate of drug-likeness (QED) is 0.800. The van der Waals surface area contributed by atoms with Crippen LogP contribution >= 0.6 is 15.9 Å². The number of carbonyl (C=O) groups excluding carboxylic acids is 1. The van der Waals surface area contributed by atoms with Crippen LogP contribution in [-0.4, -0.2) is 31.5 Å². The van der Waals surface area contributed by atoms with Gasteiger partial charge in [0.2, 0.25) is 0 Å². The molecule has 1 atom stereocenters. The maximum atomic E-state index is 11.7. The maximum absolute atomic E-state index is 11.7. The zero-order chi connectivity index (χ0) is 12.4. The minimum absolute atomic E-state index is 0.0643. The summed E-state index contributed by atoms with van der Waals surface area (Å²) in [5, 5.41) is 0. The lowest BCUT2D eigenvalue weighted by atomic mass is 10.0. The average Bonchev–Trinajstić information content (AvgIpc) is 2.55. The maximum Gasteiger partial charge on any atom is 0.339 e. The number of hydrogen-bond donors (Lipinski definition) is 0. The number of ether oxygens (including phenoxy) is 1. The first-order chi connectivity index (χ1) is 8.08. The van der Waals surface area contributed by atoms with E-state index in [9.17, 15) is 4.79 Å². The molecule has 0 radical (unpaired) electrons. The molecule has 1 aliphatic rings. The molecule has 0 aliphatic carbocycles. The Morgan fingerprint density at radius 1 is 1.41 bits per heavy atom. The van der Waals surface area contributed by atoms with E-state index in [4.69, 9.17) is 4.74 Å². The van der Waals surface area contributed by atoms with Crippen LogP contribution in [0.2, 0.25) is 0 Å². The molecule has 0 saturated carbocycles. The number of benzene rings is 1. The Balaban J connectivity index is 2.06. The van der Waals surface area contributed by atoms with Crippen molar-refractivity contribution in [2.75, 3.05) is 20.6 Å². The molecule has 1 unspecified atom stereocenters. The van der Waals surface area contributed by atoms with Gasteiger partial charge in [0.25, 0.3) is 0 Å². The highest BCUT2D eigenvalue weighted by molar-refractivity contribution is 9.10. The third kappa shape index (κ3) is 2.87. The van der Waals surface area contributed by atoms with Crippen molar-refractivity contribution >= 4 is 21.9 Å². The van der Waals surface area contributed by atoms with E-state index < -0.39 is 0 Å². The van der Waals surface area contributed by atoms with Gasteiger partial charge in [-0.1, -0.05) is 22.0 Å². The van der Waals surface area contributed by atoms with Crippen molar-refractivity contribution in [1.82, 2.24) is 4.90 Å². The predicted octanol–water partition coefficient (Wildman–Crippen LogP) is 3.00. The fraction of sp³-hybridized carbons (Fsp3) is 0.462. The minimum atomic E-state index is -0.198. The fourth-order valence-corrected chi connectivity index (χ4v) is 2.41. The average molecular weight is 298 g/mol. The van der Waals surface area contributed by atoms with E-state index in [2.05, 4.69) is 20.8 Å². The number of halogens is 1. The van der Waals surface area contributed by atoms with Crippen molar-refractivity contribution in [3.8, 4) is 0 Å². The molecule has 0 bridgehead atoms. The van der Waals surface area contributed by atoms with E-state index in [1.54, 1.807) is 0 Å². The van der Waals surface area contributed by atoms with Gasteiger partial charge in [-0.25, -0.2) is 4.79 Å². The van der Waals surface area contributed by atoms with Gasteiger partial charge in [-0.05, 0) is 45.6 Å². The number of nitrogens with zero attached hydrogens (tertiary/aromatic N) is 1. The number of esters is 1. The molecule has 0 aromatic heterocycles. The van der Waals surface area contributed by atoms with Crippen molar-refractivity contribution in [1.29, 1.82) is 0 Å². The molecule has 17 heavy (non-hydrogen) atoms. The second-order valence-electron chi connectivity index (χ2n) is 4.57. The molecule has 1 aromatic carbocycles. The molecule has 0 spiro atoms. The lowest BCUT2D eigenvalue weighted by Crippen LogP contribution is -2.14. The predicted molar refractivity (Wildman–Crippen MR) is 70.1 cm³/mol. The van der Waals surface area contributed by atoms with Crippen molar-refractivity contribution in [3.63, 3.8) is 0 Å². The normalized spacial score (nSPS) is 18.4. The molecular formula is C13H16BrNO2. The van der Waals surface area contributed by atoms with Crippen LogP contribution in [-0.2, 0) is 4.74 Å². The zero-order valence-corrected chi connectivity index (χ0v) is 11.7. The van der Waals surface area contributed by atoms with E-state index in [0.717, 1.165) is 29.4 Å². The lowest BCUT2D eigenvalue weighted by Gasteiger charge is -2.13.